The summed E-state index contributed by atoms with van der Waals surface area (Å²) in [5, 5.41) is 5.90. The van der Waals surface area contributed by atoms with E-state index in [1.807, 2.05) is 31.2 Å². The average molecular weight is 311 g/mol. The van der Waals surface area contributed by atoms with Gasteiger partial charge in [-0.15, -0.1) is 0 Å². The number of carbonyl (C=O) groups excluding carboxylic acids is 2. The van der Waals surface area contributed by atoms with Gasteiger partial charge < -0.3 is 15.5 Å². The molecule has 0 fully saturated rings. The molecule has 2 aromatic rings. The first kappa shape index (κ1) is 16.5. The molecule has 2 amide bonds. The molecule has 23 heavy (non-hydrogen) atoms. The molecule has 0 unspecified atom stereocenters. The number of benzene rings is 2. The van der Waals surface area contributed by atoms with E-state index in [1.54, 1.807) is 36.2 Å². The van der Waals surface area contributed by atoms with Crippen LogP contribution in [0.25, 0.3) is 0 Å². The van der Waals surface area contributed by atoms with E-state index in [0.717, 1.165) is 16.9 Å². The summed E-state index contributed by atoms with van der Waals surface area (Å²) in [7, 11) is 1.71. The van der Waals surface area contributed by atoms with Crippen molar-refractivity contribution in [1.29, 1.82) is 0 Å². The standard InChI is InChI=1S/C18H21N3O2/c1-13-5-4-6-16(11-13)19-12-18(23)20-15-7-9-17(10-8-15)21(3)14(2)22/h4-11,19H,12H2,1-3H3,(H,20,23). The quantitative estimate of drug-likeness (QED) is 0.892. The minimum atomic E-state index is -0.126. The summed E-state index contributed by atoms with van der Waals surface area (Å²) in [5.74, 6) is -0.164. The lowest BCUT2D eigenvalue weighted by Gasteiger charge is -2.15. The second-order valence-corrected chi connectivity index (χ2v) is 5.40. The summed E-state index contributed by atoms with van der Waals surface area (Å²) < 4.78 is 0. The molecule has 0 radical (unpaired) electrons. The van der Waals surface area contributed by atoms with E-state index in [2.05, 4.69) is 10.6 Å². The molecular weight excluding hydrogens is 290 g/mol. The number of amides is 2. The van der Waals surface area contributed by atoms with Crippen molar-refractivity contribution >= 4 is 28.9 Å². The Balaban J connectivity index is 1.89. The lowest BCUT2D eigenvalue weighted by atomic mass is 10.2. The second-order valence-electron chi connectivity index (χ2n) is 5.40. The SMILES string of the molecule is CC(=O)N(C)c1ccc(NC(=O)CNc2cccc(C)c2)cc1. The van der Waals surface area contributed by atoms with E-state index in [-0.39, 0.29) is 18.4 Å². The lowest BCUT2D eigenvalue weighted by Crippen LogP contribution is -2.23. The molecule has 2 rings (SSSR count). The number of aryl methyl sites for hydroxylation is 1. The van der Waals surface area contributed by atoms with Gasteiger partial charge >= 0.3 is 0 Å². The van der Waals surface area contributed by atoms with Crippen molar-refractivity contribution in [3.8, 4) is 0 Å². The third-order valence-electron chi connectivity index (χ3n) is 3.48. The smallest absolute Gasteiger partial charge is 0.243 e. The number of carbonyl (C=O) groups is 2. The van der Waals surface area contributed by atoms with Crippen molar-refractivity contribution in [3.05, 3.63) is 54.1 Å². The van der Waals surface area contributed by atoms with E-state index >= 15 is 0 Å². The number of hydrogen-bond acceptors (Lipinski definition) is 3. The Labute approximate surface area is 136 Å². The van der Waals surface area contributed by atoms with Gasteiger partial charge in [-0.05, 0) is 48.9 Å². The molecule has 0 atom stereocenters. The molecule has 2 N–H and O–H groups in total. The fourth-order valence-corrected chi connectivity index (χ4v) is 2.09. The molecule has 0 saturated heterocycles. The van der Waals surface area contributed by atoms with Crippen LogP contribution < -0.4 is 15.5 Å². The van der Waals surface area contributed by atoms with Crippen LogP contribution >= 0.6 is 0 Å². The van der Waals surface area contributed by atoms with Crippen LogP contribution in [0.5, 0.6) is 0 Å². The fraction of sp³-hybridized carbons (Fsp3) is 0.222. The number of hydrogen-bond donors (Lipinski definition) is 2. The largest absolute Gasteiger partial charge is 0.376 e. The van der Waals surface area contributed by atoms with Gasteiger partial charge in [-0.3, -0.25) is 9.59 Å². The Morgan fingerprint density at radius 1 is 1.04 bits per heavy atom. The molecular formula is C18H21N3O2. The molecule has 2 aromatic carbocycles. The van der Waals surface area contributed by atoms with Crippen LogP contribution in [0, 0.1) is 6.92 Å². The van der Waals surface area contributed by atoms with Crippen LogP contribution in [0.2, 0.25) is 0 Å². The third-order valence-corrected chi connectivity index (χ3v) is 3.48. The van der Waals surface area contributed by atoms with Crippen molar-refractivity contribution < 1.29 is 9.59 Å². The fourth-order valence-electron chi connectivity index (χ4n) is 2.09. The summed E-state index contributed by atoms with van der Waals surface area (Å²) in [6.07, 6.45) is 0. The van der Waals surface area contributed by atoms with E-state index in [4.69, 9.17) is 0 Å². The molecule has 0 aliphatic carbocycles. The van der Waals surface area contributed by atoms with E-state index in [0.29, 0.717) is 5.69 Å². The Bertz CT molecular complexity index is 696. The molecule has 0 aromatic heterocycles. The number of nitrogens with zero attached hydrogens (tertiary/aromatic N) is 1. The second kappa shape index (κ2) is 7.45. The Hall–Kier alpha value is -2.82. The van der Waals surface area contributed by atoms with Crippen LogP contribution in [0.4, 0.5) is 17.1 Å². The molecule has 0 aliphatic rings. The lowest BCUT2D eigenvalue weighted by molar-refractivity contribution is -0.116. The third kappa shape index (κ3) is 4.85. The molecule has 0 bridgehead atoms. The highest BCUT2D eigenvalue weighted by molar-refractivity contribution is 5.94. The maximum Gasteiger partial charge on any atom is 0.243 e. The predicted octanol–water partition coefficient (Wildman–Crippen LogP) is 3.03. The molecule has 0 heterocycles. The van der Waals surface area contributed by atoms with Gasteiger partial charge in [-0.1, -0.05) is 12.1 Å². The highest BCUT2D eigenvalue weighted by Gasteiger charge is 2.06. The van der Waals surface area contributed by atoms with Crippen molar-refractivity contribution in [3.63, 3.8) is 0 Å². The Morgan fingerprint density at radius 3 is 2.35 bits per heavy atom. The summed E-state index contributed by atoms with van der Waals surface area (Å²) >= 11 is 0. The van der Waals surface area contributed by atoms with Gasteiger partial charge in [-0.2, -0.15) is 0 Å². The first-order chi connectivity index (χ1) is 11.0. The zero-order valence-electron chi connectivity index (χ0n) is 13.6. The molecule has 5 heteroatoms. The number of rotatable bonds is 5. The first-order valence-corrected chi connectivity index (χ1v) is 7.40. The van der Waals surface area contributed by atoms with Gasteiger partial charge in [0.25, 0.3) is 0 Å². The van der Waals surface area contributed by atoms with E-state index in [1.165, 1.54) is 6.92 Å². The van der Waals surface area contributed by atoms with E-state index < -0.39 is 0 Å². The summed E-state index contributed by atoms with van der Waals surface area (Å²) in [4.78, 5) is 24.8. The van der Waals surface area contributed by atoms with Gasteiger partial charge in [0, 0.05) is 31.0 Å². The topological polar surface area (TPSA) is 61.4 Å². The minimum Gasteiger partial charge on any atom is -0.376 e. The average Bonchev–Trinajstić information content (AvgIpc) is 2.53. The van der Waals surface area contributed by atoms with Gasteiger partial charge in [-0.25, -0.2) is 0 Å². The monoisotopic (exact) mass is 311 g/mol. The highest BCUT2D eigenvalue weighted by Crippen LogP contribution is 2.17. The van der Waals surface area contributed by atoms with Crippen LogP contribution in [-0.4, -0.2) is 25.4 Å². The van der Waals surface area contributed by atoms with Crippen LogP contribution in [-0.2, 0) is 9.59 Å². The summed E-state index contributed by atoms with van der Waals surface area (Å²) in [5.41, 5.74) is 3.54. The van der Waals surface area contributed by atoms with Gasteiger partial charge in [0.05, 0.1) is 6.54 Å². The van der Waals surface area contributed by atoms with Gasteiger partial charge in [0.15, 0.2) is 0 Å². The Kier molecular flexibility index (Phi) is 5.36. The maximum absolute atomic E-state index is 12.0. The normalized spacial score (nSPS) is 10.0. The van der Waals surface area contributed by atoms with Crippen LogP contribution in [0.15, 0.2) is 48.5 Å². The molecule has 5 nitrogen and oxygen atoms in total. The van der Waals surface area contributed by atoms with Gasteiger partial charge in [0.1, 0.15) is 0 Å². The van der Waals surface area contributed by atoms with Crippen LogP contribution in [0.3, 0.4) is 0 Å². The van der Waals surface area contributed by atoms with Crippen molar-refractivity contribution in [2.75, 3.05) is 29.1 Å². The van der Waals surface area contributed by atoms with E-state index in [9.17, 15) is 9.59 Å². The molecule has 0 saturated carbocycles. The molecule has 120 valence electrons. The van der Waals surface area contributed by atoms with Gasteiger partial charge in [0.2, 0.25) is 11.8 Å². The zero-order valence-corrected chi connectivity index (χ0v) is 13.6. The minimum absolute atomic E-state index is 0.0378. The molecule has 0 spiro atoms. The predicted molar refractivity (Wildman–Crippen MR) is 93.8 cm³/mol. The zero-order chi connectivity index (χ0) is 16.8. The summed E-state index contributed by atoms with van der Waals surface area (Å²) in [6, 6.07) is 15.0. The van der Waals surface area contributed by atoms with Crippen molar-refractivity contribution in [2.24, 2.45) is 0 Å². The highest BCUT2D eigenvalue weighted by atomic mass is 16.2. The maximum atomic E-state index is 12.0. The number of anilines is 3. The van der Waals surface area contributed by atoms with Crippen molar-refractivity contribution in [2.45, 2.75) is 13.8 Å². The van der Waals surface area contributed by atoms with Crippen LogP contribution in [0.1, 0.15) is 12.5 Å². The first-order valence-electron chi connectivity index (χ1n) is 7.40. The molecule has 0 aliphatic heterocycles. The van der Waals surface area contributed by atoms with Crippen molar-refractivity contribution in [1.82, 2.24) is 0 Å². The number of nitrogens with one attached hydrogen (secondary N) is 2. The summed E-state index contributed by atoms with van der Waals surface area (Å²) in [6.45, 7) is 3.70. The Morgan fingerprint density at radius 2 is 1.74 bits per heavy atom.